The quantitative estimate of drug-likeness (QED) is 0.580. The molecule has 0 saturated carbocycles. The van der Waals surface area contributed by atoms with E-state index in [0.29, 0.717) is 10.9 Å². The van der Waals surface area contributed by atoms with E-state index in [0.717, 1.165) is 10.9 Å². The molecule has 23 heavy (non-hydrogen) atoms. The van der Waals surface area contributed by atoms with E-state index in [1.807, 2.05) is 45.0 Å². The van der Waals surface area contributed by atoms with Gasteiger partial charge >= 0.3 is 29.6 Å². The molecule has 0 saturated heterocycles. The summed E-state index contributed by atoms with van der Waals surface area (Å²) in [6, 6.07) is 9.35. The van der Waals surface area contributed by atoms with Crippen molar-refractivity contribution in [3.05, 3.63) is 41.5 Å². The van der Waals surface area contributed by atoms with Gasteiger partial charge in [-0.05, 0) is 38.8 Å². The van der Waals surface area contributed by atoms with Crippen LogP contribution in [-0.2, 0) is 20.9 Å². The van der Waals surface area contributed by atoms with Crippen molar-refractivity contribution in [1.82, 2.24) is 0 Å². The molecule has 5 heteroatoms. The van der Waals surface area contributed by atoms with Crippen LogP contribution in [0.2, 0.25) is 0 Å². The first-order chi connectivity index (χ1) is 9.82. The van der Waals surface area contributed by atoms with E-state index >= 15 is 0 Å². The Morgan fingerprint density at radius 1 is 0.870 bits per heavy atom. The Labute approximate surface area is 161 Å². The van der Waals surface area contributed by atoms with Crippen LogP contribution in [0, 0.1) is 0 Å². The topological polar surface area (TPSA) is 57.2 Å². The first kappa shape index (κ1) is 20.7. The second-order valence-electron chi connectivity index (χ2n) is 7.83. The summed E-state index contributed by atoms with van der Waals surface area (Å²) in [6.45, 7) is 11.9. The monoisotopic (exact) mass is 342 g/mol. The number of hydrogen-bond acceptors (Lipinski definition) is 3. The first-order valence-electron chi connectivity index (χ1n) is 7.35. The maximum atomic E-state index is 11.9. The molecule has 120 valence electrons. The minimum atomic E-state index is -4.56. The predicted octanol–water partition coefficient (Wildman–Crippen LogP) is 1.34. The molecular formula is C18H23NaO3S. The van der Waals surface area contributed by atoms with Crippen LogP contribution in [0.15, 0.2) is 35.2 Å². The number of rotatable bonds is 1. The van der Waals surface area contributed by atoms with Crippen molar-refractivity contribution in [1.29, 1.82) is 0 Å². The Balaban J connectivity index is 0.00000264. The second kappa shape index (κ2) is 6.49. The Morgan fingerprint density at radius 3 is 1.83 bits per heavy atom. The Kier molecular flexibility index (Phi) is 5.83. The fourth-order valence-electron chi connectivity index (χ4n) is 2.62. The van der Waals surface area contributed by atoms with E-state index in [4.69, 9.17) is 0 Å². The zero-order valence-corrected chi connectivity index (χ0v) is 17.8. The zero-order chi connectivity index (χ0) is 16.9. The molecule has 2 aromatic carbocycles. The first-order valence-corrected chi connectivity index (χ1v) is 8.76. The van der Waals surface area contributed by atoms with Gasteiger partial charge in [-0.2, -0.15) is 0 Å². The number of benzene rings is 2. The average Bonchev–Trinajstić information content (AvgIpc) is 2.33. The van der Waals surface area contributed by atoms with Crippen LogP contribution in [0.1, 0.15) is 52.7 Å². The Hall–Kier alpha value is -0.390. The van der Waals surface area contributed by atoms with Gasteiger partial charge in [-0.3, -0.25) is 0 Å². The molecule has 0 spiro atoms. The van der Waals surface area contributed by atoms with Gasteiger partial charge in [0.1, 0.15) is 10.1 Å². The van der Waals surface area contributed by atoms with Gasteiger partial charge in [0.2, 0.25) is 0 Å². The van der Waals surface area contributed by atoms with Gasteiger partial charge in [0.25, 0.3) is 0 Å². The maximum absolute atomic E-state index is 11.9. The van der Waals surface area contributed by atoms with Crippen molar-refractivity contribution in [3.8, 4) is 0 Å². The van der Waals surface area contributed by atoms with Gasteiger partial charge < -0.3 is 4.55 Å². The molecule has 0 bridgehead atoms. The van der Waals surface area contributed by atoms with Gasteiger partial charge in [0.15, 0.2) is 0 Å². The largest absolute Gasteiger partial charge is 1.00 e. The molecule has 0 radical (unpaired) electrons. The summed E-state index contributed by atoms with van der Waals surface area (Å²) in [5, 5.41) is 1.30. The smallest absolute Gasteiger partial charge is 0.744 e. The van der Waals surface area contributed by atoms with Gasteiger partial charge in [-0.1, -0.05) is 65.8 Å². The van der Waals surface area contributed by atoms with Crippen molar-refractivity contribution in [3.63, 3.8) is 0 Å². The van der Waals surface area contributed by atoms with Crippen molar-refractivity contribution in [2.24, 2.45) is 0 Å². The normalized spacial score (nSPS) is 13.0. The molecule has 0 heterocycles. The van der Waals surface area contributed by atoms with Crippen LogP contribution >= 0.6 is 0 Å². The van der Waals surface area contributed by atoms with Crippen LogP contribution < -0.4 is 29.6 Å². The van der Waals surface area contributed by atoms with Gasteiger partial charge in [0.05, 0.1) is 4.90 Å². The molecule has 0 aliphatic heterocycles. The SMILES string of the molecule is CC(C)(C)c1ccc2ccc(C(C)(C)C)c(S(=O)(=O)[O-])c2c1.[Na+]. The van der Waals surface area contributed by atoms with E-state index in [2.05, 4.69) is 20.8 Å². The Bertz CT molecular complexity index is 820. The summed E-state index contributed by atoms with van der Waals surface area (Å²) in [5.74, 6) is 0. The van der Waals surface area contributed by atoms with Gasteiger partial charge in [0, 0.05) is 0 Å². The second-order valence-corrected chi connectivity index (χ2v) is 9.15. The van der Waals surface area contributed by atoms with Gasteiger partial charge in [-0.15, -0.1) is 0 Å². The van der Waals surface area contributed by atoms with Crippen LogP contribution in [0.5, 0.6) is 0 Å². The molecule has 0 atom stereocenters. The molecule has 0 aliphatic rings. The third-order valence-corrected chi connectivity index (χ3v) is 4.84. The van der Waals surface area contributed by atoms with Crippen LogP contribution in [0.25, 0.3) is 10.8 Å². The van der Waals surface area contributed by atoms with Crippen molar-refractivity contribution in [2.45, 2.75) is 57.3 Å². The minimum Gasteiger partial charge on any atom is -0.744 e. The molecule has 0 fully saturated rings. The van der Waals surface area contributed by atoms with Crippen LogP contribution in [0.4, 0.5) is 0 Å². The van der Waals surface area contributed by atoms with E-state index in [1.165, 1.54) is 0 Å². The fraction of sp³-hybridized carbons (Fsp3) is 0.444. The van der Waals surface area contributed by atoms with E-state index in [-0.39, 0.29) is 39.9 Å². The molecule has 3 nitrogen and oxygen atoms in total. The van der Waals surface area contributed by atoms with E-state index in [1.54, 1.807) is 6.07 Å². The molecule has 0 unspecified atom stereocenters. The maximum Gasteiger partial charge on any atom is 1.00 e. The van der Waals surface area contributed by atoms with Crippen molar-refractivity contribution in [2.75, 3.05) is 0 Å². The summed E-state index contributed by atoms with van der Waals surface area (Å²) in [4.78, 5) is -0.0800. The minimum absolute atomic E-state index is 0. The molecule has 0 N–H and O–H groups in total. The molecular weight excluding hydrogens is 319 g/mol. The zero-order valence-electron chi connectivity index (χ0n) is 15.0. The summed E-state index contributed by atoms with van der Waals surface area (Å²) in [6.07, 6.45) is 0. The third kappa shape index (κ3) is 4.37. The number of hydrogen-bond donors (Lipinski definition) is 0. The molecule has 0 aliphatic carbocycles. The summed E-state index contributed by atoms with van der Waals surface area (Å²) in [5.41, 5.74) is 1.05. The molecule has 0 aromatic heterocycles. The summed E-state index contributed by atoms with van der Waals surface area (Å²) >= 11 is 0. The third-order valence-electron chi connectivity index (χ3n) is 3.90. The van der Waals surface area contributed by atoms with Crippen LogP contribution in [0.3, 0.4) is 0 Å². The van der Waals surface area contributed by atoms with Crippen molar-refractivity contribution >= 4 is 20.9 Å². The van der Waals surface area contributed by atoms with Crippen molar-refractivity contribution < 1.29 is 42.5 Å². The molecule has 2 rings (SSSR count). The predicted molar refractivity (Wildman–Crippen MR) is 89.3 cm³/mol. The van der Waals surface area contributed by atoms with E-state index in [9.17, 15) is 13.0 Å². The Morgan fingerprint density at radius 2 is 1.39 bits per heavy atom. The van der Waals surface area contributed by atoms with E-state index < -0.39 is 15.5 Å². The van der Waals surface area contributed by atoms with Crippen LogP contribution in [-0.4, -0.2) is 13.0 Å². The molecule has 0 amide bonds. The molecule has 2 aromatic rings. The summed E-state index contributed by atoms with van der Waals surface area (Å²) in [7, 11) is -4.56. The average molecular weight is 342 g/mol. The fourth-order valence-corrected chi connectivity index (χ4v) is 3.71. The van der Waals surface area contributed by atoms with Gasteiger partial charge in [-0.25, -0.2) is 8.42 Å². The standard InChI is InChI=1S/C18H24O3S.Na/c1-17(2,3)13-9-7-12-8-10-15(18(4,5)6)16(14(12)11-13)22(19,20)21;/h7-11H,1-6H3,(H,19,20,21);/q;+1/p-1. The summed E-state index contributed by atoms with van der Waals surface area (Å²) < 4.78 is 35.8. The number of fused-ring (bicyclic) bond motifs is 1.